The van der Waals surface area contributed by atoms with E-state index in [1.54, 1.807) is 42.0 Å². The van der Waals surface area contributed by atoms with E-state index in [1.165, 1.54) is 18.2 Å². The SMILES string of the molecule is C=CC[N+]1=C(N/N=C/c2cccc(O)c2)N=C2C1C(=O)N(C)C(=O)N2C. The smallest absolute Gasteiger partial charge is 0.414 e. The van der Waals surface area contributed by atoms with Crippen LogP contribution in [0.3, 0.4) is 0 Å². The van der Waals surface area contributed by atoms with Crippen molar-refractivity contribution >= 4 is 29.9 Å². The van der Waals surface area contributed by atoms with Gasteiger partial charge in [-0.2, -0.15) is 5.43 Å². The highest BCUT2D eigenvalue weighted by Crippen LogP contribution is 2.18. The first-order valence-electron chi connectivity index (χ1n) is 7.90. The van der Waals surface area contributed by atoms with Gasteiger partial charge in [0.25, 0.3) is 5.91 Å². The van der Waals surface area contributed by atoms with Gasteiger partial charge in [-0.3, -0.25) is 14.6 Å². The Morgan fingerprint density at radius 3 is 2.85 bits per heavy atom. The number of imide groups is 1. The molecule has 26 heavy (non-hydrogen) atoms. The summed E-state index contributed by atoms with van der Waals surface area (Å²) in [6.45, 7) is 4.06. The molecule has 0 spiro atoms. The Kier molecular flexibility index (Phi) is 4.53. The number of amides is 3. The summed E-state index contributed by atoms with van der Waals surface area (Å²) in [4.78, 5) is 31.4. The van der Waals surface area contributed by atoms with E-state index in [0.717, 1.165) is 4.90 Å². The number of amidine groups is 1. The number of likely N-dealkylation sites (N-methyl/N-ethyl adjacent to an activating group) is 2. The third kappa shape index (κ3) is 2.94. The van der Waals surface area contributed by atoms with Crippen molar-refractivity contribution in [1.82, 2.24) is 15.2 Å². The number of urea groups is 1. The lowest BCUT2D eigenvalue weighted by Crippen LogP contribution is -2.61. The molecule has 2 N–H and O–H groups in total. The molecule has 1 fully saturated rings. The van der Waals surface area contributed by atoms with E-state index in [4.69, 9.17) is 0 Å². The molecule has 9 heteroatoms. The fourth-order valence-electron chi connectivity index (χ4n) is 2.79. The minimum atomic E-state index is -0.709. The number of phenols is 1. The number of hydrogen-bond donors (Lipinski definition) is 2. The molecule has 1 unspecified atom stereocenters. The summed E-state index contributed by atoms with van der Waals surface area (Å²) in [5.74, 6) is 0.456. The van der Waals surface area contributed by atoms with E-state index in [1.807, 2.05) is 0 Å². The van der Waals surface area contributed by atoms with Gasteiger partial charge in [-0.1, -0.05) is 29.8 Å². The molecule has 134 valence electrons. The van der Waals surface area contributed by atoms with Crippen molar-refractivity contribution in [2.45, 2.75) is 6.04 Å². The van der Waals surface area contributed by atoms with Gasteiger partial charge in [0, 0.05) is 14.1 Å². The first kappa shape index (κ1) is 17.3. The van der Waals surface area contributed by atoms with Crippen molar-refractivity contribution in [3.05, 3.63) is 42.5 Å². The maximum atomic E-state index is 12.5. The molecule has 0 bridgehead atoms. The number of phenolic OH excluding ortho intramolecular Hbond substituents is 1. The maximum absolute atomic E-state index is 12.5. The molecular weight excluding hydrogens is 336 g/mol. The van der Waals surface area contributed by atoms with Crippen LogP contribution in [-0.2, 0) is 4.79 Å². The molecule has 1 aromatic rings. The number of nitrogens with zero attached hydrogens (tertiary/aromatic N) is 5. The van der Waals surface area contributed by atoms with E-state index in [0.29, 0.717) is 23.9 Å². The number of hydrogen-bond acceptors (Lipinski definition) is 6. The van der Waals surface area contributed by atoms with E-state index < -0.39 is 12.1 Å². The number of guanidine groups is 1. The van der Waals surface area contributed by atoms with Gasteiger partial charge in [-0.15, -0.1) is 5.10 Å². The van der Waals surface area contributed by atoms with Crippen LogP contribution in [0.1, 0.15) is 5.56 Å². The zero-order valence-corrected chi connectivity index (χ0v) is 14.5. The van der Waals surface area contributed by atoms with Gasteiger partial charge in [0.2, 0.25) is 11.9 Å². The first-order chi connectivity index (χ1) is 12.4. The Morgan fingerprint density at radius 1 is 1.38 bits per heavy atom. The number of aliphatic imine (C=N–C) groups is 1. The maximum Gasteiger partial charge on any atom is 0.414 e. The van der Waals surface area contributed by atoms with Gasteiger partial charge in [0.15, 0.2) is 0 Å². The summed E-state index contributed by atoms with van der Waals surface area (Å²) in [6.07, 6.45) is 3.16. The van der Waals surface area contributed by atoms with Crippen LogP contribution in [0.15, 0.2) is 47.0 Å². The molecule has 1 saturated heterocycles. The molecule has 1 atom stereocenters. The van der Waals surface area contributed by atoms with E-state index in [2.05, 4.69) is 22.1 Å². The van der Waals surface area contributed by atoms with Crippen molar-refractivity contribution in [2.24, 2.45) is 10.1 Å². The highest BCUT2D eigenvalue weighted by atomic mass is 16.3. The summed E-state index contributed by atoms with van der Waals surface area (Å²) < 4.78 is 1.68. The van der Waals surface area contributed by atoms with E-state index in [9.17, 15) is 14.7 Å². The number of hydrazone groups is 1. The van der Waals surface area contributed by atoms with E-state index >= 15 is 0 Å². The van der Waals surface area contributed by atoms with Crippen LogP contribution in [0.4, 0.5) is 4.79 Å². The predicted octanol–water partition coefficient (Wildman–Crippen LogP) is 0.175. The van der Waals surface area contributed by atoms with Crippen molar-refractivity contribution in [2.75, 3.05) is 20.6 Å². The zero-order chi connectivity index (χ0) is 18.8. The Morgan fingerprint density at radius 2 is 2.15 bits per heavy atom. The van der Waals surface area contributed by atoms with E-state index in [-0.39, 0.29) is 11.7 Å². The van der Waals surface area contributed by atoms with Crippen molar-refractivity contribution in [3.8, 4) is 5.75 Å². The monoisotopic (exact) mass is 355 g/mol. The number of aromatic hydroxyl groups is 1. The number of carbonyl (C=O) groups is 2. The zero-order valence-electron chi connectivity index (χ0n) is 14.5. The molecule has 2 heterocycles. The minimum Gasteiger partial charge on any atom is -0.508 e. The van der Waals surface area contributed by atoms with Crippen LogP contribution >= 0.6 is 0 Å². The van der Waals surface area contributed by atoms with Gasteiger partial charge < -0.3 is 5.11 Å². The lowest BCUT2D eigenvalue weighted by Gasteiger charge is -2.31. The highest BCUT2D eigenvalue weighted by Gasteiger charge is 2.51. The summed E-state index contributed by atoms with van der Waals surface area (Å²) in [7, 11) is 3.01. The molecule has 0 radical (unpaired) electrons. The molecule has 9 nitrogen and oxygen atoms in total. The predicted molar refractivity (Wildman–Crippen MR) is 96.3 cm³/mol. The Labute approximate surface area is 150 Å². The fourth-order valence-corrected chi connectivity index (χ4v) is 2.79. The van der Waals surface area contributed by atoms with Crippen LogP contribution in [0.25, 0.3) is 0 Å². The van der Waals surface area contributed by atoms with Gasteiger partial charge in [0.1, 0.15) is 5.75 Å². The number of carbonyl (C=O) groups excluding carboxylic acids is 2. The van der Waals surface area contributed by atoms with Crippen LogP contribution in [0, 0.1) is 0 Å². The van der Waals surface area contributed by atoms with Gasteiger partial charge in [-0.25, -0.2) is 9.37 Å². The Bertz CT molecular complexity index is 873. The second-order valence-electron chi connectivity index (χ2n) is 5.84. The lowest BCUT2D eigenvalue weighted by molar-refractivity contribution is -0.527. The average Bonchev–Trinajstić information content (AvgIpc) is 2.97. The standard InChI is InChI=1S/C17H18N6O3/c1-4-8-23-13-14(21(2)17(26)22(3)15(13)25)19-16(23)20-18-10-11-6-5-7-12(24)9-11/h4-7,9-10,13,24H,1,8H2,2-3H3/p+1/b18-10+. The normalized spacial score (nSPS) is 19.9. The molecule has 0 aromatic heterocycles. The average molecular weight is 355 g/mol. The molecule has 2 aliphatic heterocycles. The molecule has 3 rings (SSSR count). The van der Waals surface area contributed by atoms with Crippen LogP contribution in [-0.4, -0.2) is 76.1 Å². The topological polar surface area (TPSA) is 101 Å². The summed E-state index contributed by atoms with van der Waals surface area (Å²) >= 11 is 0. The third-order valence-electron chi connectivity index (χ3n) is 4.10. The molecular formula is C17H19N6O3+. The third-order valence-corrected chi connectivity index (χ3v) is 4.10. The molecule has 0 saturated carbocycles. The van der Waals surface area contributed by atoms with Crippen molar-refractivity contribution in [3.63, 3.8) is 0 Å². The number of rotatable bonds is 4. The molecule has 1 aromatic carbocycles. The lowest BCUT2D eigenvalue weighted by atomic mass is 10.1. The molecule has 0 aliphatic carbocycles. The summed E-state index contributed by atoms with van der Waals surface area (Å²) in [6, 6.07) is 5.46. The summed E-state index contributed by atoms with van der Waals surface area (Å²) in [5.41, 5.74) is 3.49. The fraction of sp³-hybridized carbons (Fsp3) is 0.235. The second-order valence-corrected chi connectivity index (χ2v) is 5.84. The van der Waals surface area contributed by atoms with Gasteiger partial charge >= 0.3 is 12.0 Å². The quantitative estimate of drug-likeness (QED) is 0.348. The highest BCUT2D eigenvalue weighted by molar-refractivity contribution is 6.22. The second kappa shape index (κ2) is 6.79. The molecule has 2 aliphatic rings. The van der Waals surface area contributed by atoms with Crippen molar-refractivity contribution in [1.29, 1.82) is 0 Å². The number of benzene rings is 1. The van der Waals surface area contributed by atoms with Crippen molar-refractivity contribution < 1.29 is 19.3 Å². The summed E-state index contributed by atoms with van der Waals surface area (Å²) in [5, 5.41) is 13.6. The van der Waals surface area contributed by atoms with Gasteiger partial charge in [0.05, 0.1) is 12.8 Å². The Hall–Kier alpha value is -3.49. The van der Waals surface area contributed by atoms with Crippen LogP contribution in [0.5, 0.6) is 5.75 Å². The minimum absolute atomic E-state index is 0.135. The number of nitrogens with one attached hydrogen (secondary N) is 1. The first-order valence-corrected chi connectivity index (χ1v) is 7.90. The van der Waals surface area contributed by atoms with Crippen LogP contribution < -0.4 is 5.43 Å². The number of fused-ring (bicyclic) bond motifs is 1. The largest absolute Gasteiger partial charge is 0.508 e. The Balaban J connectivity index is 1.89. The van der Waals surface area contributed by atoms with Gasteiger partial charge in [-0.05, 0) is 17.7 Å². The molecule has 3 amide bonds. The van der Waals surface area contributed by atoms with Crippen LogP contribution in [0.2, 0.25) is 0 Å².